The molecule has 2 aromatic rings. The summed E-state index contributed by atoms with van der Waals surface area (Å²) in [6, 6.07) is 9.73. The second-order valence-corrected chi connectivity index (χ2v) is 8.75. The summed E-state index contributed by atoms with van der Waals surface area (Å²) >= 11 is 1.62. The van der Waals surface area contributed by atoms with E-state index in [2.05, 4.69) is 36.3 Å². The largest absolute Gasteiger partial charge is 0.378 e. The third-order valence-corrected chi connectivity index (χ3v) is 6.20. The highest BCUT2D eigenvalue weighted by Gasteiger charge is 2.32. The van der Waals surface area contributed by atoms with E-state index in [4.69, 9.17) is 4.74 Å². The summed E-state index contributed by atoms with van der Waals surface area (Å²) in [6.45, 7) is 5.08. The molecule has 10 nitrogen and oxygen atoms in total. The molecule has 3 aliphatic rings. The number of morpholine rings is 1. The van der Waals surface area contributed by atoms with Gasteiger partial charge in [-0.3, -0.25) is 14.7 Å². The molecule has 4 heterocycles. The minimum absolute atomic E-state index is 0.0909. The van der Waals surface area contributed by atoms with E-state index in [9.17, 15) is 4.79 Å². The molecule has 1 aromatic carbocycles. The Bertz CT molecular complexity index is 1070. The van der Waals surface area contributed by atoms with Gasteiger partial charge >= 0.3 is 6.03 Å². The Morgan fingerprint density at radius 2 is 2.06 bits per heavy atom. The van der Waals surface area contributed by atoms with E-state index in [1.165, 1.54) is 0 Å². The molecule has 5 rings (SSSR count). The Morgan fingerprint density at radius 3 is 2.81 bits per heavy atom. The number of carbonyl (C=O) groups excluding carboxylic acids is 1. The molecule has 1 aromatic heterocycles. The number of H-pyrrole nitrogens is 1. The Morgan fingerprint density at radius 1 is 1.25 bits per heavy atom. The van der Waals surface area contributed by atoms with E-state index in [1.54, 1.807) is 16.8 Å². The van der Waals surface area contributed by atoms with Crippen LogP contribution in [0.1, 0.15) is 5.69 Å². The molecule has 166 valence electrons. The molecule has 3 aliphatic heterocycles. The van der Waals surface area contributed by atoms with Crippen molar-refractivity contribution in [3.05, 3.63) is 60.4 Å². The van der Waals surface area contributed by atoms with Gasteiger partial charge in [-0.2, -0.15) is 5.10 Å². The standard InChI is InChI=1S/C21H24N8O2S/c1-15-12-18(26-25-15)24-20-14-28(13-19-22-6-7-29(19)20)32-17-4-2-16(3-5-17)23-21(30)27-8-10-31-11-9-27/h2-7,12,14H,8-11,13H2,1H3,(H,23,30)(H2,24,25,26)/p+1. The SMILES string of the molecule is Cc1cc(NC2=CN(Sc3ccc(NC(=O)N4CCOCC4)cc3)CC3=NC=C[NH+]23)n[nH]1. The average molecular weight is 454 g/mol. The van der Waals surface area contributed by atoms with Crippen molar-refractivity contribution in [3.8, 4) is 0 Å². The van der Waals surface area contributed by atoms with Gasteiger partial charge in [-0.05, 0) is 43.1 Å². The van der Waals surface area contributed by atoms with Gasteiger partial charge in [-0.25, -0.2) is 14.7 Å². The van der Waals surface area contributed by atoms with Crippen molar-refractivity contribution >= 4 is 35.3 Å². The molecule has 11 heteroatoms. The van der Waals surface area contributed by atoms with Gasteiger partial charge < -0.3 is 15.0 Å². The number of quaternary nitrogens is 1. The minimum Gasteiger partial charge on any atom is -0.378 e. The van der Waals surface area contributed by atoms with Gasteiger partial charge in [-0.15, -0.1) is 0 Å². The van der Waals surface area contributed by atoms with Crippen LogP contribution in [0.5, 0.6) is 0 Å². The Labute approximate surface area is 190 Å². The van der Waals surface area contributed by atoms with Crippen LogP contribution in [0.25, 0.3) is 0 Å². The van der Waals surface area contributed by atoms with E-state index in [-0.39, 0.29) is 6.03 Å². The molecule has 0 radical (unpaired) electrons. The van der Waals surface area contributed by atoms with Crippen LogP contribution >= 0.6 is 11.9 Å². The predicted octanol–water partition coefficient (Wildman–Crippen LogP) is 1.58. The highest BCUT2D eigenvalue weighted by atomic mass is 32.2. The monoisotopic (exact) mass is 453 g/mol. The fraction of sp³-hybridized carbons (Fsp3) is 0.286. The van der Waals surface area contributed by atoms with Crippen molar-refractivity contribution < 1.29 is 14.4 Å². The Kier molecular flexibility index (Phi) is 5.84. The summed E-state index contributed by atoms with van der Waals surface area (Å²) in [5.74, 6) is 2.74. The van der Waals surface area contributed by atoms with Gasteiger partial charge in [-0.1, -0.05) is 0 Å². The molecule has 0 saturated carbocycles. The van der Waals surface area contributed by atoms with Gasteiger partial charge in [0.05, 0.1) is 25.6 Å². The number of amides is 2. The number of aromatic nitrogens is 2. The lowest BCUT2D eigenvalue weighted by Crippen LogP contribution is -3.10. The summed E-state index contributed by atoms with van der Waals surface area (Å²) in [4.78, 5) is 20.8. The number of anilines is 2. The summed E-state index contributed by atoms with van der Waals surface area (Å²) in [7, 11) is 0. The highest BCUT2D eigenvalue weighted by Crippen LogP contribution is 2.26. The number of aliphatic imine (C=N–C) groups is 1. The van der Waals surface area contributed by atoms with Crippen molar-refractivity contribution in [2.24, 2.45) is 4.99 Å². The first-order valence-electron chi connectivity index (χ1n) is 10.4. The van der Waals surface area contributed by atoms with Gasteiger partial charge in [0, 0.05) is 35.4 Å². The van der Waals surface area contributed by atoms with Crippen molar-refractivity contribution in [3.63, 3.8) is 0 Å². The molecule has 4 N–H and O–H groups in total. The van der Waals surface area contributed by atoms with E-state index < -0.39 is 0 Å². The zero-order valence-corrected chi connectivity index (χ0v) is 18.5. The minimum atomic E-state index is -0.0909. The average Bonchev–Trinajstić information content (AvgIpc) is 3.44. The van der Waals surface area contributed by atoms with E-state index in [0.29, 0.717) is 32.8 Å². The highest BCUT2D eigenvalue weighted by molar-refractivity contribution is 7.97. The zero-order chi connectivity index (χ0) is 21.9. The lowest BCUT2D eigenvalue weighted by Gasteiger charge is -2.28. The number of fused-ring (bicyclic) bond motifs is 1. The van der Waals surface area contributed by atoms with E-state index >= 15 is 0 Å². The molecule has 32 heavy (non-hydrogen) atoms. The number of benzene rings is 1. The van der Waals surface area contributed by atoms with Gasteiger partial charge in [0.25, 0.3) is 0 Å². The van der Waals surface area contributed by atoms with Crippen molar-refractivity contribution in [2.45, 2.75) is 11.8 Å². The number of ether oxygens (including phenoxy) is 1. The van der Waals surface area contributed by atoms with Gasteiger partial charge in [0.2, 0.25) is 11.7 Å². The number of nitrogens with one attached hydrogen (secondary N) is 4. The van der Waals surface area contributed by atoms with Crippen LogP contribution in [0.2, 0.25) is 0 Å². The van der Waals surface area contributed by atoms with Crippen LogP contribution in [0.15, 0.2) is 64.6 Å². The normalized spacial score (nSPS) is 20.0. The second kappa shape index (κ2) is 9.07. The quantitative estimate of drug-likeness (QED) is 0.513. The summed E-state index contributed by atoms with van der Waals surface area (Å²) < 4.78 is 7.44. The van der Waals surface area contributed by atoms with Gasteiger partial charge in [0.1, 0.15) is 12.7 Å². The number of aryl methyl sites for hydroxylation is 1. The third kappa shape index (κ3) is 4.64. The summed E-state index contributed by atoms with van der Waals surface area (Å²) in [6.07, 6.45) is 5.92. The molecule has 0 aliphatic carbocycles. The maximum Gasteiger partial charge on any atom is 0.321 e. The molecule has 1 atom stereocenters. The molecule has 0 spiro atoms. The molecule has 2 amide bonds. The predicted molar refractivity (Wildman–Crippen MR) is 123 cm³/mol. The number of urea groups is 1. The molecule has 1 unspecified atom stereocenters. The van der Waals surface area contributed by atoms with Crippen molar-refractivity contribution in [1.82, 2.24) is 19.4 Å². The Balaban J connectivity index is 1.24. The number of aromatic amines is 1. The fourth-order valence-corrected chi connectivity index (χ4v) is 4.50. The maximum atomic E-state index is 12.4. The number of rotatable bonds is 5. The van der Waals surface area contributed by atoms with Crippen LogP contribution in [0, 0.1) is 6.92 Å². The molecule has 1 fully saturated rings. The lowest BCUT2D eigenvalue weighted by atomic mass is 10.3. The number of hydrogen-bond donors (Lipinski definition) is 4. The molecule has 0 bridgehead atoms. The summed E-state index contributed by atoms with van der Waals surface area (Å²) in [5, 5.41) is 13.6. The maximum absolute atomic E-state index is 12.4. The molecule has 1 saturated heterocycles. The topological polar surface area (TPSA) is 102 Å². The fourth-order valence-electron chi connectivity index (χ4n) is 3.63. The Hall–Kier alpha value is -3.28. The third-order valence-electron chi connectivity index (χ3n) is 5.25. The zero-order valence-electron chi connectivity index (χ0n) is 17.7. The number of nitrogens with zero attached hydrogens (tertiary/aromatic N) is 4. The number of hydrogen-bond acceptors (Lipinski definition) is 7. The molecular weight excluding hydrogens is 428 g/mol. The van der Waals surface area contributed by atoms with Crippen LogP contribution in [-0.4, -0.2) is 64.1 Å². The van der Waals surface area contributed by atoms with E-state index in [1.807, 2.05) is 49.7 Å². The van der Waals surface area contributed by atoms with Crippen molar-refractivity contribution in [1.29, 1.82) is 0 Å². The first-order valence-corrected chi connectivity index (χ1v) is 11.2. The van der Waals surface area contributed by atoms with Crippen LogP contribution in [-0.2, 0) is 4.74 Å². The van der Waals surface area contributed by atoms with Gasteiger partial charge in [0.15, 0.2) is 5.82 Å². The van der Waals surface area contributed by atoms with Crippen LogP contribution < -0.4 is 15.5 Å². The second-order valence-electron chi connectivity index (χ2n) is 7.63. The molecular formula is C21H25N8O2S+. The number of amidine groups is 1. The smallest absolute Gasteiger partial charge is 0.321 e. The lowest BCUT2D eigenvalue weighted by molar-refractivity contribution is -0.699. The first-order chi connectivity index (χ1) is 15.6. The van der Waals surface area contributed by atoms with Crippen LogP contribution in [0.3, 0.4) is 0 Å². The van der Waals surface area contributed by atoms with E-state index in [0.717, 1.165) is 38.7 Å². The summed E-state index contributed by atoms with van der Waals surface area (Å²) in [5.41, 5.74) is 1.77. The van der Waals surface area contributed by atoms with Crippen molar-refractivity contribution in [2.75, 3.05) is 43.5 Å². The first kappa shape index (κ1) is 20.6. The van der Waals surface area contributed by atoms with Crippen LogP contribution in [0.4, 0.5) is 16.3 Å². The number of carbonyl (C=O) groups is 1.